The maximum Gasteiger partial charge on any atom is 0.156 e. The Kier molecular flexibility index (Phi) is 6.74. The minimum absolute atomic E-state index is 0.134. The molecule has 0 spiro atoms. The third-order valence-corrected chi connectivity index (χ3v) is 6.22. The fourth-order valence-corrected chi connectivity index (χ4v) is 2.65. The van der Waals surface area contributed by atoms with Crippen LogP contribution in [0.5, 0.6) is 0 Å². The van der Waals surface area contributed by atoms with Gasteiger partial charge in [0.2, 0.25) is 0 Å². The van der Waals surface area contributed by atoms with Crippen molar-refractivity contribution >= 4 is 20.6 Å². The minimum atomic E-state index is -3.04. The molecule has 0 fully saturated rings. The van der Waals surface area contributed by atoms with Gasteiger partial charge in [0.1, 0.15) is 0 Å². The molecule has 1 N–H and O–H groups in total. The van der Waals surface area contributed by atoms with Gasteiger partial charge in [-0.05, 0) is 20.8 Å². The summed E-state index contributed by atoms with van der Waals surface area (Å²) < 4.78 is 33.8. The molecule has 0 saturated carbocycles. The number of sulfone groups is 1. The molecule has 0 saturated heterocycles. The van der Waals surface area contributed by atoms with Crippen molar-refractivity contribution in [2.24, 2.45) is 0 Å². The highest BCUT2D eigenvalue weighted by Gasteiger charge is 2.27. The van der Waals surface area contributed by atoms with E-state index < -0.39 is 25.4 Å². The predicted molar refractivity (Wildman–Crippen MR) is 70.0 cm³/mol. The molecule has 6 heteroatoms. The zero-order valence-electron chi connectivity index (χ0n) is 10.6. The Morgan fingerprint density at radius 2 is 1.75 bits per heavy atom. The Hall–Kier alpha value is 0.0600. The monoisotopic (exact) mass is 269 g/mol. The van der Waals surface area contributed by atoms with Gasteiger partial charge in [0, 0.05) is 35.4 Å². The molecule has 0 aliphatic carbocycles. The molecule has 1 atom stereocenters. The van der Waals surface area contributed by atoms with E-state index in [4.69, 9.17) is 0 Å². The van der Waals surface area contributed by atoms with Crippen LogP contribution in [0.15, 0.2) is 0 Å². The van der Waals surface area contributed by atoms with Gasteiger partial charge in [0.25, 0.3) is 0 Å². The van der Waals surface area contributed by atoms with Crippen molar-refractivity contribution in [2.75, 3.05) is 30.3 Å². The van der Waals surface area contributed by atoms with Crippen molar-refractivity contribution in [3.05, 3.63) is 0 Å². The van der Waals surface area contributed by atoms with Gasteiger partial charge in [0.15, 0.2) is 9.84 Å². The van der Waals surface area contributed by atoms with Crippen LogP contribution in [0.4, 0.5) is 0 Å². The predicted octanol–water partition coefficient (Wildman–Crippen LogP) is 0.558. The van der Waals surface area contributed by atoms with Crippen molar-refractivity contribution in [2.45, 2.75) is 32.4 Å². The maximum atomic E-state index is 11.7. The number of hydrogen-bond acceptors (Lipinski definition) is 4. The van der Waals surface area contributed by atoms with Crippen molar-refractivity contribution in [3.8, 4) is 0 Å². The van der Waals surface area contributed by atoms with E-state index in [0.717, 1.165) is 0 Å². The van der Waals surface area contributed by atoms with Crippen molar-refractivity contribution in [1.29, 1.82) is 0 Å². The maximum absolute atomic E-state index is 11.7. The van der Waals surface area contributed by atoms with Crippen molar-refractivity contribution < 1.29 is 12.6 Å². The summed E-state index contributed by atoms with van der Waals surface area (Å²) in [5.74, 6) is 1.38. The quantitative estimate of drug-likeness (QED) is 0.686. The first-order chi connectivity index (χ1) is 7.20. The SMILES string of the molecule is CCS(=O)CCNCCS(=O)(=O)C(C)(C)C. The molecular formula is C10H23NO3S2. The van der Waals surface area contributed by atoms with E-state index in [1.54, 1.807) is 20.8 Å². The van der Waals surface area contributed by atoms with Gasteiger partial charge in [-0.15, -0.1) is 0 Å². The lowest BCUT2D eigenvalue weighted by Gasteiger charge is -2.19. The normalized spacial score (nSPS) is 15.0. The largest absolute Gasteiger partial charge is 0.315 e. The topological polar surface area (TPSA) is 63.2 Å². The van der Waals surface area contributed by atoms with E-state index in [9.17, 15) is 12.6 Å². The molecular weight excluding hydrogens is 246 g/mol. The van der Waals surface area contributed by atoms with Crippen LogP contribution in [-0.4, -0.2) is 47.7 Å². The van der Waals surface area contributed by atoms with Crippen LogP contribution < -0.4 is 5.32 Å². The molecule has 0 aliphatic rings. The van der Waals surface area contributed by atoms with E-state index in [1.807, 2.05) is 6.92 Å². The van der Waals surface area contributed by atoms with Crippen LogP contribution >= 0.6 is 0 Å². The Morgan fingerprint density at radius 1 is 1.19 bits per heavy atom. The second-order valence-electron chi connectivity index (χ2n) is 4.61. The zero-order chi connectivity index (χ0) is 12.8. The van der Waals surface area contributed by atoms with Crippen LogP contribution in [0.1, 0.15) is 27.7 Å². The van der Waals surface area contributed by atoms with E-state index >= 15 is 0 Å². The molecule has 0 rings (SSSR count). The fourth-order valence-electron chi connectivity index (χ4n) is 0.968. The molecule has 0 radical (unpaired) electrons. The summed E-state index contributed by atoms with van der Waals surface area (Å²) in [6.45, 7) is 8.03. The highest BCUT2D eigenvalue weighted by Crippen LogP contribution is 2.14. The van der Waals surface area contributed by atoms with Crippen LogP contribution in [0.2, 0.25) is 0 Å². The molecule has 0 amide bonds. The third kappa shape index (κ3) is 5.96. The van der Waals surface area contributed by atoms with Gasteiger partial charge in [-0.2, -0.15) is 0 Å². The second kappa shape index (κ2) is 6.71. The van der Waals surface area contributed by atoms with E-state index in [2.05, 4.69) is 5.32 Å². The van der Waals surface area contributed by atoms with Gasteiger partial charge in [-0.25, -0.2) is 8.42 Å². The van der Waals surface area contributed by atoms with Gasteiger partial charge >= 0.3 is 0 Å². The van der Waals surface area contributed by atoms with E-state index in [1.165, 1.54) is 0 Å². The summed E-state index contributed by atoms with van der Waals surface area (Å²) in [7, 11) is -3.82. The molecule has 0 aromatic rings. The molecule has 16 heavy (non-hydrogen) atoms. The fraction of sp³-hybridized carbons (Fsp3) is 1.00. The van der Waals surface area contributed by atoms with E-state index in [-0.39, 0.29) is 5.75 Å². The Labute approximate surface area is 102 Å². The first-order valence-corrected chi connectivity index (χ1v) is 8.62. The molecule has 0 aromatic heterocycles. The van der Waals surface area contributed by atoms with Gasteiger partial charge in [0.05, 0.1) is 10.5 Å². The van der Waals surface area contributed by atoms with Crippen molar-refractivity contribution in [3.63, 3.8) is 0 Å². The summed E-state index contributed by atoms with van der Waals surface area (Å²) in [6.07, 6.45) is 0. The first kappa shape index (κ1) is 16.1. The van der Waals surface area contributed by atoms with Crippen LogP contribution in [-0.2, 0) is 20.6 Å². The average molecular weight is 269 g/mol. The molecule has 0 aliphatic heterocycles. The highest BCUT2D eigenvalue weighted by atomic mass is 32.2. The van der Waals surface area contributed by atoms with Crippen LogP contribution in [0.25, 0.3) is 0 Å². The number of hydrogen-bond donors (Lipinski definition) is 1. The highest BCUT2D eigenvalue weighted by molar-refractivity contribution is 7.92. The molecule has 0 bridgehead atoms. The third-order valence-electron chi connectivity index (χ3n) is 2.31. The Bertz CT molecular complexity index is 317. The minimum Gasteiger partial charge on any atom is -0.315 e. The van der Waals surface area contributed by atoms with Crippen LogP contribution in [0, 0.1) is 0 Å². The average Bonchev–Trinajstić information content (AvgIpc) is 2.15. The summed E-state index contributed by atoms with van der Waals surface area (Å²) in [6, 6.07) is 0. The molecule has 4 nitrogen and oxygen atoms in total. The molecule has 0 aromatic carbocycles. The lowest BCUT2D eigenvalue weighted by Crippen LogP contribution is -2.35. The van der Waals surface area contributed by atoms with Gasteiger partial charge in [-0.3, -0.25) is 4.21 Å². The molecule has 1 unspecified atom stereocenters. The van der Waals surface area contributed by atoms with Gasteiger partial charge in [-0.1, -0.05) is 6.92 Å². The standard InChI is InChI=1S/C10H23NO3S2/c1-5-15(12)8-6-11-7-9-16(13,14)10(2,3)4/h11H,5-9H2,1-4H3. The Balaban J connectivity index is 3.80. The number of nitrogens with one attached hydrogen (secondary N) is 1. The van der Waals surface area contributed by atoms with E-state index in [0.29, 0.717) is 24.6 Å². The summed E-state index contributed by atoms with van der Waals surface area (Å²) >= 11 is 0. The number of rotatable bonds is 7. The first-order valence-electron chi connectivity index (χ1n) is 5.48. The molecule has 0 heterocycles. The zero-order valence-corrected chi connectivity index (χ0v) is 12.2. The molecule has 98 valence electrons. The lowest BCUT2D eigenvalue weighted by molar-refractivity contribution is 0.557. The van der Waals surface area contributed by atoms with Gasteiger partial charge < -0.3 is 5.32 Å². The Morgan fingerprint density at radius 3 is 2.19 bits per heavy atom. The lowest BCUT2D eigenvalue weighted by atomic mass is 10.3. The van der Waals surface area contributed by atoms with Crippen LogP contribution in [0.3, 0.4) is 0 Å². The van der Waals surface area contributed by atoms with Crippen molar-refractivity contribution in [1.82, 2.24) is 5.32 Å². The smallest absolute Gasteiger partial charge is 0.156 e. The summed E-state index contributed by atoms with van der Waals surface area (Å²) in [5, 5.41) is 3.01. The summed E-state index contributed by atoms with van der Waals surface area (Å²) in [4.78, 5) is 0. The second-order valence-corrected chi connectivity index (χ2v) is 9.34. The summed E-state index contributed by atoms with van der Waals surface area (Å²) in [5.41, 5.74) is 0.